The molecule has 0 bridgehead atoms. The number of fused-ring (bicyclic) bond motifs is 1. The number of amides is 1. The molecular formula is C15H18N4O3. The van der Waals surface area contributed by atoms with Crippen molar-refractivity contribution in [3.63, 3.8) is 0 Å². The van der Waals surface area contributed by atoms with Gasteiger partial charge in [-0.05, 0) is 25.8 Å². The molecule has 2 atom stereocenters. The minimum Gasteiger partial charge on any atom is -0.481 e. The van der Waals surface area contributed by atoms with Crippen molar-refractivity contribution in [3.05, 3.63) is 24.3 Å². The molecule has 1 aliphatic rings. The van der Waals surface area contributed by atoms with Gasteiger partial charge in [0.15, 0.2) is 0 Å². The Bertz CT molecular complexity index is 726. The van der Waals surface area contributed by atoms with Crippen LogP contribution in [0, 0.1) is 5.92 Å². The highest BCUT2D eigenvalue weighted by Crippen LogP contribution is 2.34. The van der Waals surface area contributed by atoms with Gasteiger partial charge in [0.25, 0.3) is 5.91 Å². The molecule has 7 heteroatoms. The zero-order valence-corrected chi connectivity index (χ0v) is 12.3. The number of carbonyl (C=O) groups is 2. The maximum atomic E-state index is 12.6. The smallest absolute Gasteiger partial charge is 0.308 e. The van der Waals surface area contributed by atoms with Crippen molar-refractivity contribution in [2.75, 3.05) is 0 Å². The zero-order valence-electron chi connectivity index (χ0n) is 12.3. The third-order valence-electron chi connectivity index (χ3n) is 4.47. The molecule has 0 saturated heterocycles. The zero-order chi connectivity index (χ0) is 15.7. The van der Waals surface area contributed by atoms with E-state index < -0.39 is 17.4 Å². The van der Waals surface area contributed by atoms with E-state index in [1.165, 1.54) is 6.33 Å². The molecule has 1 saturated carbocycles. The minimum atomic E-state index is -0.864. The number of aromatic amines is 1. The molecule has 22 heavy (non-hydrogen) atoms. The highest BCUT2D eigenvalue weighted by Gasteiger charge is 2.42. The van der Waals surface area contributed by atoms with E-state index in [1.54, 1.807) is 19.2 Å². The lowest BCUT2D eigenvalue weighted by Crippen LogP contribution is -2.55. The summed E-state index contributed by atoms with van der Waals surface area (Å²) >= 11 is 0. The molecule has 2 aromatic heterocycles. The molecule has 0 radical (unpaired) electrons. The number of hydrogen-bond acceptors (Lipinski definition) is 4. The molecule has 0 spiro atoms. The SMILES string of the molecule is CC1(NC(=O)c2ncnc3[nH]ccc23)CCCCC1C(=O)O. The molecule has 1 fully saturated rings. The second-order valence-corrected chi connectivity index (χ2v) is 5.97. The number of hydrogen-bond donors (Lipinski definition) is 3. The van der Waals surface area contributed by atoms with Gasteiger partial charge in [-0.25, -0.2) is 9.97 Å². The van der Waals surface area contributed by atoms with Gasteiger partial charge in [-0.2, -0.15) is 0 Å². The van der Waals surface area contributed by atoms with Gasteiger partial charge in [0.2, 0.25) is 0 Å². The van der Waals surface area contributed by atoms with E-state index in [1.807, 2.05) is 0 Å². The molecule has 116 valence electrons. The molecular weight excluding hydrogens is 284 g/mol. The topological polar surface area (TPSA) is 108 Å². The van der Waals surface area contributed by atoms with Crippen LogP contribution in [0.3, 0.4) is 0 Å². The fraction of sp³-hybridized carbons (Fsp3) is 0.467. The summed E-state index contributed by atoms with van der Waals surface area (Å²) in [6.07, 6.45) is 6.03. The maximum Gasteiger partial charge on any atom is 0.308 e. The van der Waals surface area contributed by atoms with Gasteiger partial charge in [0, 0.05) is 6.20 Å². The normalized spacial score (nSPS) is 25.0. The fourth-order valence-corrected chi connectivity index (χ4v) is 3.25. The van der Waals surface area contributed by atoms with Crippen molar-refractivity contribution in [1.82, 2.24) is 20.3 Å². The van der Waals surface area contributed by atoms with E-state index in [0.29, 0.717) is 23.9 Å². The van der Waals surface area contributed by atoms with Crippen LogP contribution in [0.15, 0.2) is 18.6 Å². The van der Waals surface area contributed by atoms with Crippen molar-refractivity contribution < 1.29 is 14.7 Å². The van der Waals surface area contributed by atoms with Crippen LogP contribution < -0.4 is 5.32 Å². The number of nitrogens with one attached hydrogen (secondary N) is 2. The van der Waals surface area contributed by atoms with Crippen LogP contribution in [0.2, 0.25) is 0 Å². The van der Waals surface area contributed by atoms with Crippen LogP contribution in [0.4, 0.5) is 0 Å². The highest BCUT2D eigenvalue weighted by molar-refractivity contribution is 6.04. The number of H-pyrrole nitrogens is 1. The van der Waals surface area contributed by atoms with Crippen LogP contribution in [0.25, 0.3) is 11.0 Å². The van der Waals surface area contributed by atoms with Gasteiger partial charge in [-0.1, -0.05) is 12.8 Å². The van der Waals surface area contributed by atoms with Crippen LogP contribution in [-0.4, -0.2) is 37.5 Å². The number of aromatic nitrogens is 3. The Morgan fingerprint density at radius 1 is 1.41 bits per heavy atom. The van der Waals surface area contributed by atoms with Crippen molar-refractivity contribution >= 4 is 22.9 Å². The van der Waals surface area contributed by atoms with Crippen molar-refractivity contribution in [3.8, 4) is 0 Å². The quantitative estimate of drug-likeness (QED) is 0.800. The average Bonchev–Trinajstić information content (AvgIpc) is 2.95. The van der Waals surface area contributed by atoms with Crippen LogP contribution in [-0.2, 0) is 4.79 Å². The first-order chi connectivity index (χ1) is 10.5. The van der Waals surface area contributed by atoms with E-state index in [9.17, 15) is 14.7 Å². The Kier molecular flexibility index (Phi) is 3.56. The van der Waals surface area contributed by atoms with Gasteiger partial charge >= 0.3 is 5.97 Å². The molecule has 1 aliphatic carbocycles. The van der Waals surface area contributed by atoms with Gasteiger partial charge in [-0.3, -0.25) is 9.59 Å². The summed E-state index contributed by atoms with van der Waals surface area (Å²) in [5, 5.41) is 12.9. The number of aliphatic carboxylic acids is 1. The van der Waals surface area contributed by atoms with E-state index >= 15 is 0 Å². The van der Waals surface area contributed by atoms with Crippen LogP contribution >= 0.6 is 0 Å². The minimum absolute atomic E-state index is 0.266. The Hall–Kier alpha value is -2.44. The third kappa shape index (κ3) is 2.43. The van der Waals surface area contributed by atoms with Gasteiger partial charge < -0.3 is 15.4 Å². The lowest BCUT2D eigenvalue weighted by molar-refractivity contribution is -0.145. The van der Waals surface area contributed by atoms with E-state index in [0.717, 1.165) is 12.8 Å². The summed E-state index contributed by atoms with van der Waals surface area (Å²) in [7, 11) is 0. The van der Waals surface area contributed by atoms with Gasteiger partial charge in [-0.15, -0.1) is 0 Å². The summed E-state index contributed by atoms with van der Waals surface area (Å²) in [6, 6.07) is 1.74. The first kappa shape index (κ1) is 14.5. The predicted molar refractivity (Wildman–Crippen MR) is 79.4 cm³/mol. The number of carboxylic acid groups (broad SMARTS) is 1. The van der Waals surface area contributed by atoms with Gasteiger partial charge in [0.1, 0.15) is 17.7 Å². The second-order valence-electron chi connectivity index (χ2n) is 5.97. The second kappa shape index (κ2) is 5.40. The lowest BCUT2D eigenvalue weighted by Gasteiger charge is -2.39. The van der Waals surface area contributed by atoms with Crippen molar-refractivity contribution in [2.45, 2.75) is 38.1 Å². The molecule has 7 nitrogen and oxygen atoms in total. The molecule has 2 heterocycles. The van der Waals surface area contributed by atoms with Crippen molar-refractivity contribution in [1.29, 1.82) is 0 Å². The monoisotopic (exact) mass is 302 g/mol. The maximum absolute atomic E-state index is 12.6. The number of nitrogens with zero attached hydrogens (tertiary/aromatic N) is 2. The van der Waals surface area contributed by atoms with Crippen LogP contribution in [0.1, 0.15) is 43.1 Å². The molecule has 1 amide bonds. The molecule has 2 unspecified atom stereocenters. The first-order valence-corrected chi connectivity index (χ1v) is 7.35. The van der Waals surface area contributed by atoms with E-state index in [-0.39, 0.29) is 11.6 Å². The Balaban J connectivity index is 1.89. The Labute approximate surface area is 127 Å². The first-order valence-electron chi connectivity index (χ1n) is 7.35. The van der Waals surface area contributed by atoms with Crippen LogP contribution in [0.5, 0.6) is 0 Å². The van der Waals surface area contributed by atoms with Gasteiger partial charge in [0.05, 0.1) is 16.8 Å². The number of rotatable bonds is 3. The summed E-state index contributed by atoms with van der Waals surface area (Å²) in [6.45, 7) is 1.80. The molecule has 3 rings (SSSR count). The summed E-state index contributed by atoms with van der Waals surface area (Å²) in [4.78, 5) is 35.1. The summed E-state index contributed by atoms with van der Waals surface area (Å²) in [5.41, 5.74) is 0.0975. The largest absolute Gasteiger partial charge is 0.481 e. The van der Waals surface area contributed by atoms with E-state index in [4.69, 9.17) is 0 Å². The van der Waals surface area contributed by atoms with E-state index in [2.05, 4.69) is 20.3 Å². The average molecular weight is 302 g/mol. The standard InChI is InChI=1S/C15H18N4O3/c1-15(6-3-2-4-10(15)14(21)22)19-13(20)11-9-5-7-16-12(9)18-8-17-11/h5,7-8,10H,2-4,6H2,1H3,(H,19,20)(H,21,22)(H,16,17,18). The third-order valence-corrected chi connectivity index (χ3v) is 4.47. The molecule has 0 aliphatic heterocycles. The molecule has 2 aromatic rings. The summed E-state index contributed by atoms with van der Waals surface area (Å²) < 4.78 is 0. The fourth-order valence-electron chi connectivity index (χ4n) is 3.25. The number of carboxylic acids is 1. The number of carbonyl (C=O) groups excluding carboxylic acids is 1. The molecule has 3 N–H and O–H groups in total. The van der Waals surface area contributed by atoms with Crippen molar-refractivity contribution in [2.24, 2.45) is 5.92 Å². The predicted octanol–water partition coefficient (Wildman–Crippen LogP) is 1.72. The molecule has 0 aromatic carbocycles. The Morgan fingerprint density at radius 2 is 2.23 bits per heavy atom. The Morgan fingerprint density at radius 3 is 3.00 bits per heavy atom. The summed E-state index contributed by atoms with van der Waals surface area (Å²) in [5.74, 6) is -1.80. The highest BCUT2D eigenvalue weighted by atomic mass is 16.4. The lowest BCUT2D eigenvalue weighted by atomic mass is 9.74.